The molecule has 4 rings (SSSR count). The Bertz CT molecular complexity index is 1120. The molecule has 6 nitrogen and oxygen atoms in total. The molecule has 0 aliphatic carbocycles. The lowest BCUT2D eigenvalue weighted by molar-refractivity contribution is 0.0954. The van der Waals surface area contributed by atoms with Crippen LogP contribution in [0.25, 0.3) is 32.9 Å². The topological polar surface area (TPSA) is 77.2 Å². The molecule has 2 aromatic heterocycles. The number of nitrogens with zero attached hydrogens (tertiary/aromatic N) is 2. The Kier molecular flexibility index (Phi) is 5.08. The summed E-state index contributed by atoms with van der Waals surface area (Å²) < 4.78 is 10.6. The molecule has 0 fully saturated rings. The number of hydrogen-bond donors (Lipinski definition) is 1. The molecule has 0 saturated heterocycles. The third-order valence-corrected chi connectivity index (χ3v) is 5.24. The number of aromatic nitrogens is 2. The fraction of sp³-hybridized carbons (Fsp3) is 0.190. The molecule has 28 heavy (non-hydrogen) atoms. The summed E-state index contributed by atoms with van der Waals surface area (Å²) in [6.45, 7) is 2.66. The molecule has 7 heteroatoms. The zero-order valence-corrected chi connectivity index (χ0v) is 16.4. The maximum absolute atomic E-state index is 12.3. The van der Waals surface area contributed by atoms with E-state index in [1.807, 2.05) is 36.6 Å². The molecule has 1 N–H and O–H groups in total. The van der Waals surface area contributed by atoms with Crippen LogP contribution < -0.4 is 10.1 Å². The summed E-state index contributed by atoms with van der Waals surface area (Å²) in [6.07, 6.45) is 0.888. The van der Waals surface area contributed by atoms with Gasteiger partial charge in [0.2, 0.25) is 0 Å². The second-order valence-corrected chi connectivity index (χ2v) is 7.12. The average Bonchev–Trinajstić information content (AvgIpc) is 3.38. The Balaban J connectivity index is 1.67. The van der Waals surface area contributed by atoms with Crippen LogP contribution in [0, 0.1) is 0 Å². The maximum Gasteiger partial charge on any atom is 0.251 e. The smallest absolute Gasteiger partial charge is 0.251 e. The standard InChI is InChI=1S/C21H19N3O3S/c1-3-10-22-20(25)14-6-9-18-16(11-14)19(24-27-18)17-12-28-21(23-17)13-4-7-15(26-2)8-5-13/h4-9,11-12H,3,10H2,1-2H3,(H,22,25). The van der Waals surface area contributed by atoms with Crippen molar-refractivity contribution < 1.29 is 14.1 Å². The molecule has 1 amide bonds. The van der Waals surface area contributed by atoms with E-state index in [1.165, 1.54) is 11.3 Å². The predicted molar refractivity (Wildman–Crippen MR) is 110 cm³/mol. The van der Waals surface area contributed by atoms with Crippen LogP contribution in [0.5, 0.6) is 5.75 Å². The van der Waals surface area contributed by atoms with Crippen LogP contribution in [-0.4, -0.2) is 29.7 Å². The number of hydrogen-bond acceptors (Lipinski definition) is 6. The lowest BCUT2D eigenvalue weighted by Gasteiger charge is -2.03. The summed E-state index contributed by atoms with van der Waals surface area (Å²) in [5.41, 5.74) is 3.57. The first-order chi connectivity index (χ1) is 13.7. The maximum atomic E-state index is 12.3. The van der Waals surface area contributed by atoms with Gasteiger partial charge in [-0.15, -0.1) is 11.3 Å². The van der Waals surface area contributed by atoms with Gasteiger partial charge in [-0.05, 0) is 48.9 Å². The van der Waals surface area contributed by atoms with Gasteiger partial charge in [0.25, 0.3) is 5.91 Å². The van der Waals surface area contributed by atoms with Gasteiger partial charge >= 0.3 is 0 Å². The number of carbonyl (C=O) groups excluding carboxylic acids is 1. The van der Waals surface area contributed by atoms with Gasteiger partial charge in [0.1, 0.15) is 22.1 Å². The first kappa shape index (κ1) is 18.2. The minimum atomic E-state index is -0.104. The summed E-state index contributed by atoms with van der Waals surface area (Å²) in [5.74, 6) is 0.699. The molecule has 2 heterocycles. The van der Waals surface area contributed by atoms with Gasteiger partial charge in [-0.1, -0.05) is 12.1 Å². The van der Waals surface area contributed by atoms with E-state index < -0.39 is 0 Å². The van der Waals surface area contributed by atoms with Crippen molar-refractivity contribution >= 4 is 28.2 Å². The third-order valence-electron chi connectivity index (χ3n) is 4.35. The molecule has 0 radical (unpaired) electrons. The van der Waals surface area contributed by atoms with E-state index in [4.69, 9.17) is 14.2 Å². The van der Waals surface area contributed by atoms with E-state index in [1.54, 1.807) is 25.3 Å². The minimum absolute atomic E-state index is 0.104. The summed E-state index contributed by atoms with van der Waals surface area (Å²) in [5, 5.41) is 10.7. The van der Waals surface area contributed by atoms with Crippen molar-refractivity contribution in [3.05, 3.63) is 53.4 Å². The highest BCUT2D eigenvalue weighted by atomic mass is 32.1. The molecular weight excluding hydrogens is 374 g/mol. The highest BCUT2D eigenvalue weighted by Crippen LogP contribution is 2.33. The molecule has 4 aromatic rings. The Morgan fingerprint density at radius 2 is 2.04 bits per heavy atom. The molecule has 0 atom stereocenters. The van der Waals surface area contributed by atoms with Gasteiger partial charge in [0.15, 0.2) is 5.58 Å². The monoisotopic (exact) mass is 393 g/mol. The van der Waals surface area contributed by atoms with Gasteiger partial charge in [0.05, 0.1) is 12.5 Å². The zero-order chi connectivity index (χ0) is 19.5. The van der Waals surface area contributed by atoms with Crippen molar-refractivity contribution in [2.24, 2.45) is 0 Å². The molecule has 0 unspecified atom stereocenters. The van der Waals surface area contributed by atoms with E-state index in [2.05, 4.69) is 10.5 Å². The van der Waals surface area contributed by atoms with Crippen LogP contribution in [-0.2, 0) is 0 Å². The molecule has 2 aromatic carbocycles. The van der Waals surface area contributed by atoms with Crippen LogP contribution in [0.15, 0.2) is 52.4 Å². The number of amides is 1. The van der Waals surface area contributed by atoms with Crippen molar-refractivity contribution in [3.8, 4) is 27.7 Å². The first-order valence-electron chi connectivity index (χ1n) is 8.97. The van der Waals surface area contributed by atoms with Crippen molar-refractivity contribution in [2.75, 3.05) is 13.7 Å². The molecule has 0 saturated carbocycles. The Morgan fingerprint density at radius 3 is 2.79 bits per heavy atom. The molecule has 142 valence electrons. The third kappa shape index (κ3) is 3.48. The van der Waals surface area contributed by atoms with Crippen molar-refractivity contribution in [1.29, 1.82) is 0 Å². The predicted octanol–water partition coefficient (Wildman–Crippen LogP) is 4.77. The molecule has 0 aliphatic heterocycles. The lowest BCUT2D eigenvalue weighted by atomic mass is 10.1. The number of methoxy groups -OCH3 is 1. The van der Waals surface area contributed by atoms with Gasteiger partial charge in [-0.25, -0.2) is 4.98 Å². The van der Waals surface area contributed by atoms with Gasteiger partial charge in [0, 0.05) is 23.1 Å². The van der Waals surface area contributed by atoms with E-state index in [9.17, 15) is 4.79 Å². The number of benzene rings is 2. The van der Waals surface area contributed by atoms with E-state index in [-0.39, 0.29) is 5.91 Å². The van der Waals surface area contributed by atoms with E-state index in [0.717, 1.165) is 33.8 Å². The number of nitrogens with one attached hydrogen (secondary N) is 1. The van der Waals surface area contributed by atoms with Crippen molar-refractivity contribution in [3.63, 3.8) is 0 Å². The number of fused-ring (bicyclic) bond motifs is 1. The van der Waals surface area contributed by atoms with Gasteiger partial charge in [-0.3, -0.25) is 4.79 Å². The van der Waals surface area contributed by atoms with Crippen LogP contribution >= 0.6 is 11.3 Å². The largest absolute Gasteiger partial charge is 0.497 e. The number of carbonyl (C=O) groups is 1. The molecule has 0 spiro atoms. The number of rotatable bonds is 6. The normalized spacial score (nSPS) is 10.9. The first-order valence-corrected chi connectivity index (χ1v) is 9.85. The number of thiazole rings is 1. The summed E-state index contributed by atoms with van der Waals surface area (Å²) in [7, 11) is 1.64. The van der Waals surface area contributed by atoms with E-state index in [0.29, 0.717) is 23.4 Å². The quantitative estimate of drug-likeness (QED) is 0.511. The zero-order valence-electron chi connectivity index (χ0n) is 15.6. The van der Waals surface area contributed by atoms with Crippen LogP contribution in [0.4, 0.5) is 0 Å². The Labute approximate surface area is 166 Å². The minimum Gasteiger partial charge on any atom is -0.497 e. The Hall–Kier alpha value is -3.19. The van der Waals surface area contributed by atoms with E-state index >= 15 is 0 Å². The SMILES string of the molecule is CCCNC(=O)c1ccc2onc(-c3csc(-c4ccc(OC)cc4)n3)c2c1. The summed E-state index contributed by atoms with van der Waals surface area (Å²) in [6, 6.07) is 13.1. The highest BCUT2D eigenvalue weighted by molar-refractivity contribution is 7.13. The molecular formula is C21H19N3O3S. The second kappa shape index (κ2) is 7.82. The molecule has 0 aliphatic rings. The number of ether oxygens (including phenoxy) is 1. The summed E-state index contributed by atoms with van der Waals surface area (Å²) in [4.78, 5) is 17.0. The van der Waals surface area contributed by atoms with Gasteiger partial charge in [-0.2, -0.15) is 0 Å². The van der Waals surface area contributed by atoms with Crippen molar-refractivity contribution in [2.45, 2.75) is 13.3 Å². The average molecular weight is 393 g/mol. The van der Waals surface area contributed by atoms with Gasteiger partial charge < -0.3 is 14.6 Å². The van der Waals surface area contributed by atoms with Crippen LogP contribution in [0.3, 0.4) is 0 Å². The lowest BCUT2D eigenvalue weighted by Crippen LogP contribution is -2.23. The van der Waals surface area contributed by atoms with Crippen LogP contribution in [0.1, 0.15) is 23.7 Å². The second-order valence-electron chi connectivity index (χ2n) is 6.26. The fourth-order valence-electron chi connectivity index (χ4n) is 2.85. The highest BCUT2D eigenvalue weighted by Gasteiger charge is 2.16. The van der Waals surface area contributed by atoms with Crippen LogP contribution in [0.2, 0.25) is 0 Å². The molecule has 0 bridgehead atoms. The Morgan fingerprint density at radius 1 is 1.21 bits per heavy atom. The summed E-state index contributed by atoms with van der Waals surface area (Å²) >= 11 is 1.53. The van der Waals surface area contributed by atoms with Crippen molar-refractivity contribution in [1.82, 2.24) is 15.5 Å². The fourth-order valence-corrected chi connectivity index (χ4v) is 3.66.